The maximum Gasteiger partial charge on any atom is 0.315 e. The van der Waals surface area contributed by atoms with Crippen molar-refractivity contribution in [3.8, 4) is 5.88 Å². The van der Waals surface area contributed by atoms with Gasteiger partial charge in [-0.15, -0.1) is 0 Å². The van der Waals surface area contributed by atoms with Crippen molar-refractivity contribution in [2.75, 3.05) is 20.2 Å². The topological polar surface area (TPSA) is 92.4 Å². The van der Waals surface area contributed by atoms with Crippen LogP contribution in [0.25, 0.3) is 0 Å². The number of rotatable bonds is 7. The van der Waals surface area contributed by atoms with Gasteiger partial charge in [0.25, 0.3) is 0 Å². The summed E-state index contributed by atoms with van der Waals surface area (Å²) in [4.78, 5) is 26.8. The van der Waals surface area contributed by atoms with E-state index in [9.17, 15) is 9.59 Å². The van der Waals surface area contributed by atoms with E-state index >= 15 is 0 Å². The van der Waals surface area contributed by atoms with Crippen molar-refractivity contribution in [2.24, 2.45) is 0 Å². The van der Waals surface area contributed by atoms with Crippen LogP contribution >= 0.6 is 0 Å². The predicted octanol–water partition coefficient (Wildman–Crippen LogP) is 0.416. The van der Waals surface area contributed by atoms with Crippen LogP contribution in [0, 0.1) is 0 Å². The van der Waals surface area contributed by atoms with E-state index in [1.165, 1.54) is 7.11 Å². The monoisotopic (exact) mass is 280 g/mol. The molecule has 3 N–H and O–H groups in total. The van der Waals surface area contributed by atoms with Crippen LogP contribution in [0.3, 0.4) is 0 Å². The normalized spacial score (nSPS) is 9.70. The van der Waals surface area contributed by atoms with Crippen molar-refractivity contribution in [3.63, 3.8) is 0 Å². The molecule has 0 saturated heterocycles. The van der Waals surface area contributed by atoms with Gasteiger partial charge in [-0.2, -0.15) is 0 Å². The minimum atomic E-state index is -0.396. The Labute approximate surface area is 118 Å². The smallest absolute Gasteiger partial charge is 0.315 e. The van der Waals surface area contributed by atoms with Gasteiger partial charge >= 0.3 is 6.03 Å². The highest BCUT2D eigenvalue weighted by Crippen LogP contribution is 2.07. The van der Waals surface area contributed by atoms with E-state index in [1.54, 1.807) is 18.3 Å². The zero-order valence-corrected chi connectivity index (χ0v) is 11.7. The number of amides is 3. The lowest BCUT2D eigenvalue weighted by molar-refractivity contribution is -0.120. The number of carbonyl (C=O) groups is 2. The van der Waals surface area contributed by atoms with Crippen LogP contribution in [-0.2, 0) is 11.3 Å². The lowest BCUT2D eigenvalue weighted by Crippen LogP contribution is -2.41. The number of aromatic nitrogens is 1. The third kappa shape index (κ3) is 6.03. The van der Waals surface area contributed by atoms with Crippen LogP contribution in [0.4, 0.5) is 4.79 Å². The van der Waals surface area contributed by atoms with E-state index in [1.807, 2.05) is 6.92 Å². The molecule has 0 aromatic carbocycles. The van der Waals surface area contributed by atoms with Gasteiger partial charge in [0.2, 0.25) is 11.8 Å². The number of urea groups is 1. The van der Waals surface area contributed by atoms with Gasteiger partial charge in [0.1, 0.15) is 0 Å². The molecule has 1 rings (SSSR count). The molecular weight excluding hydrogens is 260 g/mol. The Kier molecular flexibility index (Phi) is 6.88. The van der Waals surface area contributed by atoms with E-state index in [-0.39, 0.29) is 12.5 Å². The summed E-state index contributed by atoms with van der Waals surface area (Å²) in [7, 11) is 1.53. The van der Waals surface area contributed by atoms with Crippen LogP contribution in [-0.4, -0.2) is 37.1 Å². The highest BCUT2D eigenvalue weighted by atomic mass is 16.5. The van der Waals surface area contributed by atoms with Gasteiger partial charge in [0, 0.05) is 25.4 Å². The van der Waals surface area contributed by atoms with Crippen molar-refractivity contribution >= 4 is 11.9 Å². The number of nitrogens with zero attached hydrogens (tertiary/aromatic N) is 1. The van der Waals surface area contributed by atoms with Gasteiger partial charge in [-0.05, 0) is 18.1 Å². The number of nitrogens with one attached hydrogen (secondary N) is 3. The molecule has 1 aromatic rings. The maximum absolute atomic E-state index is 11.5. The molecule has 0 saturated carbocycles. The highest BCUT2D eigenvalue weighted by Gasteiger charge is 2.04. The molecule has 0 aliphatic carbocycles. The van der Waals surface area contributed by atoms with E-state index in [0.717, 1.165) is 12.0 Å². The Balaban J connectivity index is 2.27. The first-order valence-corrected chi connectivity index (χ1v) is 6.43. The molecule has 7 nitrogen and oxygen atoms in total. The Bertz CT molecular complexity index is 451. The molecule has 0 fully saturated rings. The summed E-state index contributed by atoms with van der Waals surface area (Å²) >= 11 is 0. The molecule has 0 aliphatic heterocycles. The minimum Gasteiger partial charge on any atom is -0.481 e. The third-order valence-electron chi connectivity index (χ3n) is 2.44. The Morgan fingerprint density at radius 3 is 2.80 bits per heavy atom. The van der Waals surface area contributed by atoms with Gasteiger partial charge in [-0.25, -0.2) is 9.78 Å². The van der Waals surface area contributed by atoms with E-state index < -0.39 is 6.03 Å². The molecule has 0 unspecified atom stereocenters. The first-order valence-electron chi connectivity index (χ1n) is 6.43. The molecule has 110 valence electrons. The average Bonchev–Trinajstić information content (AvgIpc) is 2.49. The van der Waals surface area contributed by atoms with Crippen molar-refractivity contribution in [3.05, 3.63) is 23.9 Å². The Morgan fingerprint density at radius 2 is 2.10 bits per heavy atom. The van der Waals surface area contributed by atoms with Crippen LogP contribution in [0.2, 0.25) is 0 Å². The third-order valence-corrected chi connectivity index (χ3v) is 2.44. The summed E-state index contributed by atoms with van der Waals surface area (Å²) in [6.07, 6.45) is 2.47. The summed E-state index contributed by atoms with van der Waals surface area (Å²) in [5, 5.41) is 7.80. The fourth-order valence-corrected chi connectivity index (χ4v) is 1.40. The van der Waals surface area contributed by atoms with Crippen LogP contribution in [0.5, 0.6) is 5.88 Å². The molecule has 1 heterocycles. The van der Waals surface area contributed by atoms with Gasteiger partial charge in [0.15, 0.2) is 0 Å². The van der Waals surface area contributed by atoms with Gasteiger partial charge < -0.3 is 20.7 Å². The number of carbonyl (C=O) groups excluding carboxylic acids is 2. The highest BCUT2D eigenvalue weighted by molar-refractivity contribution is 5.83. The Morgan fingerprint density at radius 1 is 1.30 bits per heavy atom. The van der Waals surface area contributed by atoms with Gasteiger partial charge in [-0.3, -0.25) is 4.79 Å². The summed E-state index contributed by atoms with van der Waals surface area (Å²) < 4.78 is 4.99. The van der Waals surface area contributed by atoms with Crippen LogP contribution < -0.4 is 20.7 Å². The molecule has 0 atom stereocenters. The molecule has 0 bridgehead atoms. The fraction of sp³-hybridized carbons (Fsp3) is 0.462. The number of hydrogen-bond acceptors (Lipinski definition) is 4. The molecule has 7 heteroatoms. The second-order valence-electron chi connectivity index (χ2n) is 4.09. The standard InChI is InChI=1S/C13H20N4O3/c1-3-5-14-11(18)9-17-13(19)16-8-10-4-6-15-12(7-10)20-2/h4,6-7H,3,5,8-9H2,1-2H3,(H,14,18)(H2,16,17,19). The number of pyridine rings is 1. The number of ether oxygens (including phenoxy) is 1. The zero-order valence-electron chi connectivity index (χ0n) is 11.7. The van der Waals surface area contributed by atoms with Gasteiger partial charge in [-0.1, -0.05) is 6.92 Å². The quantitative estimate of drug-likeness (QED) is 0.674. The molecule has 0 spiro atoms. The predicted molar refractivity (Wildman–Crippen MR) is 74.3 cm³/mol. The summed E-state index contributed by atoms with van der Waals surface area (Å²) in [6.45, 7) is 2.87. The number of hydrogen-bond donors (Lipinski definition) is 3. The summed E-state index contributed by atoms with van der Waals surface area (Å²) in [5.41, 5.74) is 0.863. The zero-order chi connectivity index (χ0) is 14.8. The van der Waals surface area contributed by atoms with Crippen molar-refractivity contribution in [1.29, 1.82) is 0 Å². The molecule has 20 heavy (non-hydrogen) atoms. The lowest BCUT2D eigenvalue weighted by atomic mass is 10.2. The van der Waals surface area contributed by atoms with E-state index in [4.69, 9.17) is 4.74 Å². The van der Waals surface area contributed by atoms with Crippen molar-refractivity contribution in [2.45, 2.75) is 19.9 Å². The first kappa shape index (κ1) is 15.7. The molecular formula is C13H20N4O3. The van der Waals surface area contributed by atoms with Crippen LogP contribution in [0.1, 0.15) is 18.9 Å². The largest absolute Gasteiger partial charge is 0.481 e. The second kappa shape index (κ2) is 8.73. The number of methoxy groups -OCH3 is 1. The molecule has 0 aliphatic rings. The minimum absolute atomic E-state index is 0.0362. The molecule has 3 amide bonds. The van der Waals surface area contributed by atoms with Crippen LogP contribution in [0.15, 0.2) is 18.3 Å². The molecule has 0 radical (unpaired) electrons. The summed E-state index contributed by atoms with van der Waals surface area (Å²) in [5.74, 6) is 0.288. The average molecular weight is 280 g/mol. The lowest BCUT2D eigenvalue weighted by Gasteiger charge is -2.08. The van der Waals surface area contributed by atoms with E-state index in [2.05, 4.69) is 20.9 Å². The fourth-order valence-electron chi connectivity index (χ4n) is 1.40. The SMILES string of the molecule is CCCNC(=O)CNC(=O)NCc1ccnc(OC)c1. The van der Waals surface area contributed by atoms with Crippen molar-refractivity contribution < 1.29 is 14.3 Å². The second-order valence-corrected chi connectivity index (χ2v) is 4.09. The Hall–Kier alpha value is -2.31. The molecule has 1 aromatic heterocycles. The van der Waals surface area contributed by atoms with Crippen molar-refractivity contribution in [1.82, 2.24) is 20.9 Å². The van der Waals surface area contributed by atoms with E-state index in [0.29, 0.717) is 19.0 Å². The summed E-state index contributed by atoms with van der Waals surface area (Å²) in [6, 6.07) is 3.11. The first-order chi connectivity index (χ1) is 9.65. The van der Waals surface area contributed by atoms with Gasteiger partial charge in [0.05, 0.1) is 13.7 Å². The maximum atomic E-state index is 11.5.